The number of hydrogen-bond acceptors (Lipinski definition) is 3. The Balaban J connectivity index is 2.93. The second-order valence-electron chi connectivity index (χ2n) is 1.90. The van der Waals surface area contributed by atoms with E-state index in [0.717, 1.165) is 0 Å². The molecule has 2 aromatic rings. The zero-order chi connectivity index (χ0) is 6.97. The van der Waals surface area contributed by atoms with Crippen molar-refractivity contribution >= 4 is 5.65 Å². The molecule has 0 aromatic carbocycles. The van der Waals surface area contributed by atoms with Crippen LogP contribution in [0.1, 0.15) is 0 Å². The van der Waals surface area contributed by atoms with Gasteiger partial charge in [-0.05, 0) is 6.07 Å². The van der Waals surface area contributed by atoms with E-state index in [1.807, 2.05) is 0 Å². The number of aromatic hydroxyl groups is 1. The number of hydrogen-bond donors (Lipinski definition) is 1. The summed E-state index contributed by atoms with van der Waals surface area (Å²) in [7, 11) is 0. The van der Waals surface area contributed by atoms with Gasteiger partial charge < -0.3 is 5.11 Å². The maximum Gasteiger partial charge on any atom is 0.214 e. The van der Waals surface area contributed by atoms with E-state index in [9.17, 15) is 0 Å². The molecule has 0 saturated heterocycles. The average molecular weight is 135 g/mol. The number of aromatic nitrogens is 3. The van der Waals surface area contributed by atoms with E-state index in [1.54, 1.807) is 18.3 Å². The fourth-order valence-corrected chi connectivity index (χ4v) is 0.830. The van der Waals surface area contributed by atoms with Gasteiger partial charge in [0.2, 0.25) is 5.88 Å². The molecule has 0 fully saturated rings. The van der Waals surface area contributed by atoms with Gasteiger partial charge in [0.15, 0.2) is 5.65 Å². The van der Waals surface area contributed by atoms with Gasteiger partial charge in [0, 0.05) is 12.3 Å². The third-order valence-electron chi connectivity index (χ3n) is 1.27. The summed E-state index contributed by atoms with van der Waals surface area (Å²) in [5.41, 5.74) is 0.653. The van der Waals surface area contributed by atoms with E-state index >= 15 is 0 Å². The maximum absolute atomic E-state index is 9.07. The minimum atomic E-state index is 0.114. The van der Waals surface area contributed by atoms with Gasteiger partial charge in [-0.25, -0.2) is 4.98 Å². The smallest absolute Gasteiger partial charge is 0.214 e. The van der Waals surface area contributed by atoms with Gasteiger partial charge in [0.1, 0.15) is 0 Å². The summed E-state index contributed by atoms with van der Waals surface area (Å²) in [5, 5.41) is 12.9. The van der Waals surface area contributed by atoms with Crippen molar-refractivity contribution in [1.82, 2.24) is 14.6 Å². The first kappa shape index (κ1) is 5.22. The molecular formula is C6H5N3O. The fourth-order valence-electron chi connectivity index (χ4n) is 0.830. The topological polar surface area (TPSA) is 50.4 Å². The Morgan fingerprint density at radius 3 is 3.00 bits per heavy atom. The lowest BCUT2D eigenvalue weighted by molar-refractivity contribution is 0.438. The van der Waals surface area contributed by atoms with Gasteiger partial charge in [-0.3, -0.25) is 0 Å². The van der Waals surface area contributed by atoms with Crippen LogP contribution in [-0.2, 0) is 0 Å². The summed E-state index contributed by atoms with van der Waals surface area (Å²) >= 11 is 0. The normalized spacial score (nSPS) is 10.4. The van der Waals surface area contributed by atoms with Crippen LogP contribution >= 0.6 is 0 Å². The van der Waals surface area contributed by atoms with Crippen molar-refractivity contribution < 1.29 is 5.11 Å². The van der Waals surface area contributed by atoms with Crippen LogP contribution in [0.2, 0.25) is 0 Å². The van der Waals surface area contributed by atoms with Crippen molar-refractivity contribution in [3.63, 3.8) is 0 Å². The highest BCUT2D eigenvalue weighted by Gasteiger charge is 1.97. The number of fused-ring (bicyclic) bond motifs is 1. The van der Waals surface area contributed by atoms with Crippen molar-refractivity contribution in [3.05, 3.63) is 24.5 Å². The van der Waals surface area contributed by atoms with Crippen LogP contribution in [-0.4, -0.2) is 19.7 Å². The zero-order valence-electron chi connectivity index (χ0n) is 5.10. The Morgan fingerprint density at radius 1 is 1.30 bits per heavy atom. The standard InChI is InChI=1S/C6H5N3O/c10-6-2-1-5-7-3-4-8-9(5)6/h1-4,10H. The quantitative estimate of drug-likeness (QED) is 0.570. The molecule has 0 saturated carbocycles. The number of rotatable bonds is 0. The molecule has 4 nitrogen and oxygen atoms in total. The third kappa shape index (κ3) is 0.556. The second-order valence-corrected chi connectivity index (χ2v) is 1.90. The largest absolute Gasteiger partial charge is 0.493 e. The van der Waals surface area contributed by atoms with Crippen LogP contribution in [0.4, 0.5) is 0 Å². The van der Waals surface area contributed by atoms with E-state index in [2.05, 4.69) is 10.1 Å². The molecule has 2 aromatic heterocycles. The summed E-state index contributed by atoms with van der Waals surface area (Å²) in [6, 6.07) is 3.25. The van der Waals surface area contributed by atoms with Crippen molar-refractivity contribution in [3.8, 4) is 5.88 Å². The van der Waals surface area contributed by atoms with Crippen molar-refractivity contribution in [2.45, 2.75) is 0 Å². The van der Waals surface area contributed by atoms with Crippen LogP contribution in [0.25, 0.3) is 5.65 Å². The van der Waals surface area contributed by atoms with E-state index in [4.69, 9.17) is 5.11 Å². The average Bonchev–Trinajstić information content (AvgIpc) is 2.34. The van der Waals surface area contributed by atoms with Crippen molar-refractivity contribution in [2.75, 3.05) is 0 Å². The minimum Gasteiger partial charge on any atom is -0.493 e. The molecule has 1 N–H and O–H groups in total. The zero-order valence-corrected chi connectivity index (χ0v) is 5.10. The van der Waals surface area contributed by atoms with Crippen LogP contribution in [0.15, 0.2) is 24.5 Å². The first-order valence-corrected chi connectivity index (χ1v) is 2.85. The summed E-state index contributed by atoms with van der Waals surface area (Å²) in [4.78, 5) is 3.94. The van der Waals surface area contributed by atoms with Gasteiger partial charge in [-0.15, -0.1) is 0 Å². The highest BCUT2D eigenvalue weighted by molar-refractivity contribution is 5.41. The molecule has 2 rings (SSSR count). The molecule has 0 atom stereocenters. The Kier molecular flexibility index (Phi) is 0.887. The van der Waals surface area contributed by atoms with Gasteiger partial charge >= 0.3 is 0 Å². The van der Waals surface area contributed by atoms with Crippen LogP contribution in [0, 0.1) is 0 Å². The highest BCUT2D eigenvalue weighted by Crippen LogP contribution is 2.09. The van der Waals surface area contributed by atoms with E-state index in [1.165, 1.54) is 10.7 Å². The van der Waals surface area contributed by atoms with Crippen LogP contribution < -0.4 is 0 Å². The third-order valence-corrected chi connectivity index (χ3v) is 1.27. The summed E-state index contributed by atoms with van der Waals surface area (Å²) in [6.45, 7) is 0. The predicted octanol–water partition coefficient (Wildman–Crippen LogP) is 0.435. The van der Waals surface area contributed by atoms with Crippen LogP contribution in [0.3, 0.4) is 0 Å². The lowest BCUT2D eigenvalue weighted by atomic mass is 10.6. The first-order chi connectivity index (χ1) is 4.88. The van der Waals surface area contributed by atoms with E-state index < -0.39 is 0 Å². The fraction of sp³-hybridized carbons (Fsp3) is 0. The SMILES string of the molecule is Oc1ccc2nccnn12. The minimum absolute atomic E-state index is 0.114. The molecule has 50 valence electrons. The first-order valence-electron chi connectivity index (χ1n) is 2.85. The molecule has 0 spiro atoms. The van der Waals surface area contributed by atoms with E-state index in [0.29, 0.717) is 5.65 Å². The second kappa shape index (κ2) is 1.70. The molecule has 0 unspecified atom stereocenters. The summed E-state index contributed by atoms with van der Waals surface area (Å²) in [5.74, 6) is 0.114. The monoisotopic (exact) mass is 135 g/mol. The van der Waals surface area contributed by atoms with Crippen molar-refractivity contribution in [1.29, 1.82) is 0 Å². The summed E-state index contributed by atoms with van der Waals surface area (Å²) in [6.07, 6.45) is 3.10. The molecule has 4 heteroatoms. The van der Waals surface area contributed by atoms with Gasteiger partial charge in [0.25, 0.3) is 0 Å². The maximum atomic E-state index is 9.07. The Labute approximate surface area is 56.8 Å². The molecule has 0 bridgehead atoms. The van der Waals surface area contributed by atoms with Gasteiger partial charge in [-0.1, -0.05) is 0 Å². The lowest BCUT2D eigenvalue weighted by Gasteiger charge is -1.90. The molecule has 0 amide bonds. The Morgan fingerprint density at radius 2 is 2.20 bits per heavy atom. The molecule has 0 aliphatic carbocycles. The van der Waals surface area contributed by atoms with E-state index in [-0.39, 0.29) is 5.88 Å². The Hall–Kier alpha value is -1.58. The predicted molar refractivity (Wildman–Crippen MR) is 34.7 cm³/mol. The van der Waals surface area contributed by atoms with Crippen LogP contribution in [0.5, 0.6) is 5.88 Å². The van der Waals surface area contributed by atoms with Gasteiger partial charge in [-0.2, -0.15) is 9.61 Å². The molecule has 0 aliphatic rings. The molecule has 10 heavy (non-hydrogen) atoms. The Bertz CT molecular complexity index is 355. The molecule has 0 aliphatic heterocycles. The van der Waals surface area contributed by atoms with Gasteiger partial charge in [0.05, 0.1) is 6.20 Å². The summed E-state index contributed by atoms with van der Waals surface area (Å²) < 4.78 is 1.36. The molecular weight excluding hydrogens is 130 g/mol. The molecule has 0 radical (unpaired) electrons. The molecule has 2 heterocycles. The van der Waals surface area contributed by atoms with Crippen molar-refractivity contribution in [2.24, 2.45) is 0 Å². The highest BCUT2D eigenvalue weighted by atomic mass is 16.3. The number of nitrogens with zero attached hydrogens (tertiary/aromatic N) is 3. The lowest BCUT2D eigenvalue weighted by Crippen LogP contribution is -1.89.